The number of hydrogen-bond donors (Lipinski definition) is 0. The van der Waals surface area contributed by atoms with Gasteiger partial charge in [-0.25, -0.2) is 4.98 Å². The van der Waals surface area contributed by atoms with E-state index in [1.165, 1.54) is 5.56 Å². The van der Waals surface area contributed by atoms with Crippen molar-refractivity contribution in [2.24, 2.45) is 0 Å². The van der Waals surface area contributed by atoms with Gasteiger partial charge in [-0.3, -0.25) is 4.98 Å². The number of benzene rings is 1. The second-order valence-electron chi connectivity index (χ2n) is 4.96. The van der Waals surface area contributed by atoms with E-state index in [1.807, 2.05) is 30.5 Å². The van der Waals surface area contributed by atoms with Gasteiger partial charge in [0.1, 0.15) is 5.82 Å². The third kappa shape index (κ3) is 2.76. The molecule has 0 amide bonds. The Hall–Kier alpha value is -1.58. The van der Waals surface area contributed by atoms with E-state index >= 15 is 0 Å². The normalized spacial score (nSPS) is 11.2. The second-order valence-corrected chi connectivity index (χ2v) is 5.75. The van der Waals surface area contributed by atoms with Gasteiger partial charge < -0.3 is 4.57 Å². The summed E-state index contributed by atoms with van der Waals surface area (Å²) in [5, 5.41) is 0.711. The molecule has 0 fully saturated rings. The lowest BCUT2D eigenvalue weighted by Crippen LogP contribution is -2.07. The van der Waals surface area contributed by atoms with Crippen LogP contribution in [0.2, 0.25) is 5.02 Å². The molecular weight excluding hydrogens is 305 g/mol. The Balaban J connectivity index is 2.15. The number of alkyl halides is 1. The zero-order valence-corrected chi connectivity index (χ0v) is 13.2. The zero-order chi connectivity index (χ0) is 14.8. The highest BCUT2D eigenvalue weighted by atomic mass is 35.5. The van der Waals surface area contributed by atoms with Crippen molar-refractivity contribution in [1.82, 2.24) is 14.5 Å². The van der Waals surface area contributed by atoms with Crippen LogP contribution in [0, 0.1) is 6.92 Å². The Morgan fingerprint density at radius 2 is 2.10 bits per heavy atom. The lowest BCUT2D eigenvalue weighted by atomic mass is 10.1. The van der Waals surface area contributed by atoms with Crippen LogP contribution in [0.15, 0.2) is 36.7 Å². The second kappa shape index (κ2) is 6.04. The van der Waals surface area contributed by atoms with E-state index in [1.54, 1.807) is 6.20 Å². The van der Waals surface area contributed by atoms with Crippen molar-refractivity contribution in [1.29, 1.82) is 0 Å². The van der Waals surface area contributed by atoms with E-state index in [-0.39, 0.29) is 0 Å². The molecular formula is C16H15Cl2N3. The van der Waals surface area contributed by atoms with Gasteiger partial charge in [0.15, 0.2) is 0 Å². The van der Waals surface area contributed by atoms with Crippen molar-refractivity contribution < 1.29 is 0 Å². The van der Waals surface area contributed by atoms with E-state index in [2.05, 4.69) is 21.5 Å². The van der Waals surface area contributed by atoms with Gasteiger partial charge in [0.05, 0.1) is 22.6 Å². The Bertz CT molecular complexity index is 780. The molecule has 0 saturated carbocycles. The quantitative estimate of drug-likeness (QED) is 0.674. The van der Waals surface area contributed by atoms with Crippen LogP contribution >= 0.6 is 23.2 Å². The summed E-state index contributed by atoms with van der Waals surface area (Å²) in [6.07, 6.45) is 4.41. The Morgan fingerprint density at radius 1 is 1.24 bits per heavy atom. The number of pyridine rings is 1. The van der Waals surface area contributed by atoms with E-state index in [4.69, 9.17) is 23.2 Å². The van der Waals surface area contributed by atoms with Crippen LogP contribution in [0.1, 0.15) is 17.0 Å². The third-order valence-corrected chi connectivity index (χ3v) is 4.08. The molecule has 21 heavy (non-hydrogen) atoms. The maximum absolute atomic E-state index is 6.37. The summed E-state index contributed by atoms with van der Waals surface area (Å²) in [5.74, 6) is 1.49. The van der Waals surface area contributed by atoms with Gasteiger partial charge in [-0.2, -0.15) is 0 Å². The fourth-order valence-corrected chi connectivity index (χ4v) is 2.91. The fourth-order valence-electron chi connectivity index (χ4n) is 2.47. The molecule has 5 heteroatoms. The van der Waals surface area contributed by atoms with Gasteiger partial charge in [-0.15, -0.1) is 11.6 Å². The number of para-hydroxylation sites is 1. The molecule has 0 unspecified atom stereocenters. The van der Waals surface area contributed by atoms with Gasteiger partial charge in [-0.05, 0) is 36.2 Å². The van der Waals surface area contributed by atoms with E-state index in [0.717, 1.165) is 22.4 Å². The molecule has 0 radical (unpaired) electrons. The summed E-state index contributed by atoms with van der Waals surface area (Å²) in [5.41, 5.74) is 4.23. The SMILES string of the molecule is Cc1ccncc1Cn1c(CCCl)nc2cccc(Cl)c21. The standard InChI is InChI=1S/C16H15Cl2N3/c1-11-6-8-19-9-12(11)10-21-15(5-7-17)20-14-4-2-3-13(18)16(14)21/h2-4,6,8-9H,5,7,10H2,1H3. The maximum Gasteiger partial charge on any atom is 0.111 e. The maximum atomic E-state index is 6.37. The molecule has 0 spiro atoms. The van der Waals surface area contributed by atoms with Gasteiger partial charge in [0.25, 0.3) is 0 Å². The van der Waals surface area contributed by atoms with Crippen molar-refractivity contribution in [3.63, 3.8) is 0 Å². The molecule has 3 nitrogen and oxygen atoms in total. The molecule has 3 aromatic rings. The molecule has 2 aromatic heterocycles. The molecule has 0 atom stereocenters. The predicted octanol–water partition coefficient (Wildman–Crippen LogP) is 4.22. The largest absolute Gasteiger partial charge is 0.322 e. The summed E-state index contributed by atoms with van der Waals surface area (Å²) < 4.78 is 2.14. The minimum absolute atomic E-state index is 0.535. The smallest absolute Gasteiger partial charge is 0.111 e. The number of imidazole rings is 1. The van der Waals surface area contributed by atoms with Crippen LogP contribution in [0.4, 0.5) is 0 Å². The number of nitrogens with zero attached hydrogens (tertiary/aromatic N) is 3. The van der Waals surface area contributed by atoms with E-state index in [0.29, 0.717) is 23.9 Å². The van der Waals surface area contributed by atoms with Crippen LogP contribution in [0.5, 0.6) is 0 Å². The van der Waals surface area contributed by atoms with Gasteiger partial charge in [0, 0.05) is 24.7 Å². The van der Waals surface area contributed by atoms with Crippen molar-refractivity contribution in [2.45, 2.75) is 19.9 Å². The van der Waals surface area contributed by atoms with Crippen LogP contribution < -0.4 is 0 Å². The molecule has 0 N–H and O–H groups in total. The fraction of sp³-hybridized carbons (Fsp3) is 0.250. The highest BCUT2D eigenvalue weighted by Gasteiger charge is 2.14. The number of rotatable bonds is 4. The third-order valence-electron chi connectivity index (χ3n) is 3.59. The first-order valence-electron chi connectivity index (χ1n) is 6.80. The van der Waals surface area contributed by atoms with E-state index < -0.39 is 0 Å². The number of aromatic nitrogens is 3. The number of halogens is 2. The number of aryl methyl sites for hydroxylation is 2. The monoisotopic (exact) mass is 319 g/mol. The van der Waals surface area contributed by atoms with Crippen LogP contribution in [0.3, 0.4) is 0 Å². The molecule has 0 aliphatic carbocycles. The minimum Gasteiger partial charge on any atom is -0.322 e. The van der Waals surface area contributed by atoms with Gasteiger partial charge >= 0.3 is 0 Å². The average molecular weight is 320 g/mol. The van der Waals surface area contributed by atoms with Crippen molar-refractivity contribution in [2.75, 3.05) is 5.88 Å². The highest BCUT2D eigenvalue weighted by Crippen LogP contribution is 2.26. The summed E-state index contributed by atoms with van der Waals surface area (Å²) in [4.78, 5) is 8.87. The van der Waals surface area contributed by atoms with Crippen molar-refractivity contribution in [3.05, 3.63) is 58.6 Å². The lowest BCUT2D eigenvalue weighted by Gasteiger charge is -2.11. The van der Waals surface area contributed by atoms with Crippen LogP contribution in [-0.2, 0) is 13.0 Å². The molecule has 3 rings (SSSR count). The lowest BCUT2D eigenvalue weighted by molar-refractivity contribution is 0.748. The Morgan fingerprint density at radius 3 is 2.86 bits per heavy atom. The first kappa shape index (κ1) is 14.4. The van der Waals surface area contributed by atoms with E-state index in [9.17, 15) is 0 Å². The average Bonchev–Trinajstić information content (AvgIpc) is 2.81. The first-order chi connectivity index (χ1) is 10.2. The topological polar surface area (TPSA) is 30.7 Å². The molecule has 2 heterocycles. The molecule has 108 valence electrons. The minimum atomic E-state index is 0.535. The number of hydrogen-bond acceptors (Lipinski definition) is 2. The van der Waals surface area contributed by atoms with Crippen LogP contribution in [-0.4, -0.2) is 20.4 Å². The first-order valence-corrected chi connectivity index (χ1v) is 7.71. The molecule has 0 aliphatic rings. The summed E-state index contributed by atoms with van der Waals surface area (Å²) in [7, 11) is 0. The highest BCUT2D eigenvalue weighted by molar-refractivity contribution is 6.35. The zero-order valence-electron chi connectivity index (χ0n) is 11.7. The van der Waals surface area contributed by atoms with Crippen LogP contribution in [0.25, 0.3) is 11.0 Å². The molecule has 0 aliphatic heterocycles. The molecule has 0 saturated heterocycles. The molecule has 1 aromatic carbocycles. The summed E-state index contributed by atoms with van der Waals surface area (Å²) >= 11 is 12.3. The van der Waals surface area contributed by atoms with Crippen molar-refractivity contribution >= 4 is 34.2 Å². The van der Waals surface area contributed by atoms with Gasteiger partial charge in [-0.1, -0.05) is 17.7 Å². The Labute approximate surface area is 133 Å². The number of fused-ring (bicyclic) bond motifs is 1. The van der Waals surface area contributed by atoms with Gasteiger partial charge in [0.2, 0.25) is 0 Å². The summed E-state index contributed by atoms with van der Waals surface area (Å²) in [6.45, 7) is 2.78. The van der Waals surface area contributed by atoms with Crippen molar-refractivity contribution in [3.8, 4) is 0 Å². The molecule has 0 bridgehead atoms. The predicted molar refractivity (Wildman–Crippen MR) is 87.2 cm³/mol. The summed E-state index contributed by atoms with van der Waals surface area (Å²) in [6, 6.07) is 7.80. The Kier molecular flexibility index (Phi) is 4.13.